The van der Waals surface area contributed by atoms with E-state index >= 15 is 0 Å². The van der Waals surface area contributed by atoms with Crippen molar-refractivity contribution in [1.29, 1.82) is 0 Å². The number of carbonyl (C=O) groups excluding carboxylic acids is 1. The molecule has 1 unspecified atom stereocenters. The lowest BCUT2D eigenvalue weighted by Gasteiger charge is -2.17. The van der Waals surface area contributed by atoms with E-state index in [0.717, 1.165) is 0 Å². The van der Waals surface area contributed by atoms with Crippen molar-refractivity contribution in [3.05, 3.63) is 65.7 Å². The molecule has 138 valence electrons. The molecular formula is C19H21NO5S. The van der Waals surface area contributed by atoms with Gasteiger partial charge in [0.15, 0.2) is 9.84 Å². The summed E-state index contributed by atoms with van der Waals surface area (Å²) in [6.07, 6.45) is -0.182. The Morgan fingerprint density at radius 1 is 1.04 bits per heavy atom. The molecule has 2 rings (SSSR count). The van der Waals surface area contributed by atoms with E-state index in [1.807, 2.05) is 6.07 Å². The Bertz CT molecular complexity index is 861. The van der Waals surface area contributed by atoms with Gasteiger partial charge in [0.2, 0.25) is 5.91 Å². The largest absolute Gasteiger partial charge is 0.481 e. The highest BCUT2D eigenvalue weighted by Crippen LogP contribution is 2.17. The van der Waals surface area contributed by atoms with Crippen molar-refractivity contribution in [3.8, 4) is 0 Å². The number of carboxylic acid groups (broad SMARTS) is 1. The van der Waals surface area contributed by atoms with Crippen molar-refractivity contribution in [2.75, 3.05) is 5.75 Å². The number of nitrogens with one attached hydrogen (secondary N) is 1. The molecule has 0 aliphatic rings. The Labute approximate surface area is 152 Å². The predicted octanol–water partition coefficient (Wildman–Crippen LogP) is 2.35. The number of hydrogen-bond donors (Lipinski definition) is 2. The van der Waals surface area contributed by atoms with Gasteiger partial charge in [-0.3, -0.25) is 9.59 Å². The topological polar surface area (TPSA) is 101 Å². The smallest absolute Gasteiger partial charge is 0.305 e. The number of amides is 1. The lowest BCUT2D eigenvalue weighted by Crippen LogP contribution is -2.31. The Balaban J connectivity index is 2.07. The van der Waals surface area contributed by atoms with Crippen LogP contribution in [0.4, 0.5) is 0 Å². The first kappa shape index (κ1) is 19.7. The predicted molar refractivity (Wildman–Crippen MR) is 97.5 cm³/mol. The first-order chi connectivity index (χ1) is 12.3. The van der Waals surface area contributed by atoms with Crippen LogP contribution in [-0.2, 0) is 25.8 Å². The van der Waals surface area contributed by atoms with Gasteiger partial charge in [-0.25, -0.2) is 8.42 Å². The number of rotatable bonds is 8. The maximum absolute atomic E-state index is 12.3. The summed E-state index contributed by atoms with van der Waals surface area (Å²) >= 11 is 0. The Morgan fingerprint density at radius 3 is 2.19 bits per heavy atom. The molecule has 7 heteroatoms. The summed E-state index contributed by atoms with van der Waals surface area (Å²) in [4.78, 5) is 23.6. The van der Waals surface area contributed by atoms with Crippen molar-refractivity contribution in [2.24, 2.45) is 0 Å². The first-order valence-electron chi connectivity index (χ1n) is 8.19. The highest BCUT2D eigenvalue weighted by atomic mass is 32.2. The second kappa shape index (κ2) is 8.62. The van der Waals surface area contributed by atoms with E-state index < -0.39 is 21.8 Å². The van der Waals surface area contributed by atoms with Crippen LogP contribution >= 0.6 is 0 Å². The summed E-state index contributed by atoms with van der Waals surface area (Å²) in [7, 11) is -3.28. The molecule has 0 aromatic heterocycles. The normalized spacial score (nSPS) is 12.3. The van der Waals surface area contributed by atoms with E-state index in [1.54, 1.807) is 43.3 Å². The quantitative estimate of drug-likeness (QED) is 0.738. The van der Waals surface area contributed by atoms with Crippen LogP contribution in [0.25, 0.3) is 0 Å². The molecule has 2 aromatic rings. The van der Waals surface area contributed by atoms with E-state index in [9.17, 15) is 18.0 Å². The summed E-state index contributed by atoms with van der Waals surface area (Å²) < 4.78 is 23.6. The van der Waals surface area contributed by atoms with Crippen molar-refractivity contribution in [3.63, 3.8) is 0 Å². The van der Waals surface area contributed by atoms with Crippen LogP contribution in [0.2, 0.25) is 0 Å². The van der Waals surface area contributed by atoms with Gasteiger partial charge in [-0.2, -0.15) is 0 Å². The Hall–Kier alpha value is -2.67. The van der Waals surface area contributed by atoms with Gasteiger partial charge >= 0.3 is 5.97 Å². The number of sulfone groups is 1. The zero-order valence-electron chi connectivity index (χ0n) is 14.4. The van der Waals surface area contributed by atoms with E-state index in [-0.39, 0.29) is 29.4 Å². The summed E-state index contributed by atoms with van der Waals surface area (Å²) in [5.74, 6) is -1.32. The molecule has 1 atom stereocenters. The highest BCUT2D eigenvalue weighted by Gasteiger charge is 2.18. The number of carbonyl (C=O) groups is 2. The molecule has 0 saturated carbocycles. The molecule has 0 saturated heterocycles. The zero-order valence-corrected chi connectivity index (χ0v) is 15.2. The van der Waals surface area contributed by atoms with E-state index in [4.69, 9.17) is 5.11 Å². The summed E-state index contributed by atoms with van der Waals surface area (Å²) in [5.41, 5.74) is 1.37. The van der Waals surface area contributed by atoms with Gasteiger partial charge in [-0.1, -0.05) is 49.4 Å². The molecular weight excluding hydrogens is 354 g/mol. The van der Waals surface area contributed by atoms with Gasteiger partial charge in [-0.15, -0.1) is 0 Å². The molecule has 0 spiro atoms. The monoisotopic (exact) mass is 375 g/mol. The second-order valence-electron chi connectivity index (χ2n) is 5.85. The maximum atomic E-state index is 12.3. The molecule has 2 N–H and O–H groups in total. The minimum absolute atomic E-state index is 0.0147. The summed E-state index contributed by atoms with van der Waals surface area (Å²) in [6, 6.07) is 14.4. The van der Waals surface area contributed by atoms with Crippen LogP contribution in [0, 0.1) is 0 Å². The molecule has 0 aliphatic carbocycles. The Kier molecular flexibility index (Phi) is 6.52. The van der Waals surface area contributed by atoms with Gasteiger partial charge < -0.3 is 10.4 Å². The lowest BCUT2D eigenvalue weighted by atomic mass is 10.0. The van der Waals surface area contributed by atoms with Gasteiger partial charge in [-0.05, 0) is 23.3 Å². The first-order valence-corrected chi connectivity index (χ1v) is 9.85. The van der Waals surface area contributed by atoms with Crippen molar-refractivity contribution < 1.29 is 23.1 Å². The Morgan fingerprint density at radius 2 is 1.65 bits per heavy atom. The molecule has 0 fully saturated rings. The number of aliphatic carboxylic acids is 1. The summed E-state index contributed by atoms with van der Waals surface area (Å²) in [5, 5.41) is 11.8. The molecule has 6 nitrogen and oxygen atoms in total. The molecule has 0 aliphatic heterocycles. The van der Waals surface area contributed by atoms with Crippen molar-refractivity contribution >= 4 is 21.7 Å². The van der Waals surface area contributed by atoms with Gasteiger partial charge in [0.1, 0.15) is 0 Å². The number of hydrogen-bond acceptors (Lipinski definition) is 4. The lowest BCUT2D eigenvalue weighted by molar-refractivity contribution is -0.137. The second-order valence-corrected chi connectivity index (χ2v) is 8.13. The molecule has 26 heavy (non-hydrogen) atoms. The van der Waals surface area contributed by atoms with Crippen LogP contribution in [0.15, 0.2) is 59.5 Å². The minimum atomic E-state index is -3.28. The third-order valence-corrected chi connectivity index (χ3v) is 5.69. The van der Waals surface area contributed by atoms with Crippen LogP contribution < -0.4 is 5.32 Å². The fourth-order valence-corrected chi connectivity index (χ4v) is 3.41. The standard InChI is InChI=1S/C19H21NO5S/c1-2-26(24,25)16-10-8-14(9-11-16)12-18(21)20-17(13-19(22)23)15-6-4-3-5-7-15/h3-11,17H,2,12-13H2,1H3,(H,20,21)(H,22,23). The highest BCUT2D eigenvalue weighted by molar-refractivity contribution is 7.91. The average Bonchev–Trinajstić information content (AvgIpc) is 2.62. The van der Waals surface area contributed by atoms with Crippen LogP contribution in [0.3, 0.4) is 0 Å². The summed E-state index contributed by atoms with van der Waals surface area (Å²) in [6.45, 7) is 1.57. The molecule has 2 aromatic carbocycles. The van der Waals surface area contributed by atoms with Gasteiger partial charge in [0.05, 0.1) is 29.5 Å². The molecule has 1 amide bonds. The minimum Gasteiger partial charge on any atom is -0.481 e. The zero-order chi connectivity index (χ0) is 19.2. The van der Waals surface area contributed by atoms with Gasteiger partial charge in [0.25, 0.3) is 0 Å². The van der Waals surface area contributed by atoms with E-state index in [2.05, 4.69) is 5.32 Å². The third kappa shape index (κ3) is 5.42. The van der Waals surface area contributed by atoms with Crippen LogP contribution in [0.5, 0.6) is 0 Å². The fraction of sp³-hybridized carbons (Fsp3) is 0.263. The maximum Gasteiger partial charge on any atom is 0.305 e. The molecule has 0 bridgehead atoms. The molecule has 0 radical (unpaired) electrons. The van der Waals surface area contributed by atoms with Crippen molar-refractivity contribution in [1.82, 2.24) is 5.32 Å². The number of carboxylic acids is 1. The van der Waals surface area contributed by atoms with Crippen LogP contribution in [-0.4, -0.2) is 31.2 Å². The van der Waals surface area contributed by atoms with Gasteiger partial charge in [0, 0.05) is 0 Å². The number of benzene rings is 2. The van der Waals surface area contributed by atoms with E-state index in [1.165, 1.54) is 12.1 Å². The average molecular weight is 375 g/mol. The molecule has 0 heterocycles. The third-order valence-electron chi connectivity index (χ3n) is 3.94. The van der Waals surface area contributed by atoms with Crippen molar-refractivity contribution in [2.45, 2.75) is 30.7 Å². The fourth-order valence-electron chi connectivity index (χ4n) is 2.52. The van der Waals surface area contributed by atoms with E-state index in [0.29, 0.717) is 11.1 Å². The SMILES string of the molecule is CCS(=O)(=O)c1ccc(CC(=O)NC(CC(=O)O)c2ccccc2)cc1. The van der Waals surface area contributed by atoms with Crippen LogP contribution in [0.1, 0.15) is 30.5 Å².